The zero-order valence-corrected chi connectivity index (χ0v) is 22.0. The normalized spacial score (nSPS) is 29.3. The minimum absolute atomic E-state index is 0.0865. The van der Waals surface area contributed by atoms with Crippen molar-refractivity contribution >= 4 is 18.5 Å². The highest BCUT2D eigenvalue weighted by Crippen LogP contribution is 2.43. The molecule has 198 valence electrons. The summed E-state index contributed by atoms with van der Waals surface area (Å²) in [5.74, 6) is -3.48. The summed E-state index contributed by atoms with van der Waals surface area (Å²) in [6, 6.07) is 3.75. The van der Waals surface area contributed by atoms with E-state index in [0.717, 1.165) is 32.1 Å². The van der Waals surface area contributed by atoms with Gasteiger partial charge in [0, 0.05) is 17.4 Å². The molecule has 3 aliphatic rings. The molecule has 3 aliphatic carbocycles. The number of ether oxygens (including phenoxy) is 2. The van der Waals surface area contributed by atoms with Crippen molar-refractivity contribution in [2.24, 2.45) is 17.6 Å². The molecule has 1 aromatic carbocycles. The predicted octanol–water partition coefficient (Wildman–Crippen LogP) is 5.11. The Morgan fingerprint density at radius 3 is 2.53 bits per heavy atom. The number of allylic oxidation sites excluding steroid dienone is 2. The molecule has 0 bridgehead atoms. The highest BCUT2D eigenvalue weighted by molar-refractivity contribution is 7.81. The maximum atomic E-state index is 15.8. The van der Waals surface area contributed by atoms with Gasteiger partial charge in [-0.1, -0.05) is 37.1 Å². The Morgan fingerprint density at radius 1 is 1.19 bits per heavy atom. The average molecular weight is 521 g/mol. The van der Waals surface area contributed by atoms with Gasteiger partial charge in [0.05, 0.1) is 18.3 Å². The second-order valence-corrected chi connectivity index (χ2v) is 11.1. The van der Waals surface area contributed by atoms with E-state index in [9.17, 15) is 4.79 Å². The van der Waals surface area contributed by atoms with Crippen molar-refractivity contribution in [3.8, 4) is 5.75 Å². The third-order valence-electron chi connectivity index (χ3n) is 7.70. The van der Waals surface area contributed by atoms with Crippen LogP contribution in [0.4, 0.5) is 8.78 Å². The average Bonchev–Trinajstić information content (AvgIpc) is 3.32. The molecule has 0 saturated heterocycles. The summed E-state index contributed by atoms with van der Waals surface area (Å²) in [6.45, 7) is 2.40. The standard InChI is InChI=1S/C28H38F2N2O3S/c1-3-34-22-11-9-21(10-12-22)28(29,30)25(26(31)33)32(2)18-27(35-23-6-4-5-7-23)15-14-19-16-24(36)13-8-20(19)17-27/h8-15,19-20,23-25,36H,3-7,16-18H2,1-2H3,(H2,31,33)/t19?,20?,24?,25-,27+/m1/s1. The number of carbonyl (C=O) groups excluding carboxylic acids is 1. The van der Waals surface area contributed by atoms with Gasteiger partial charge in [0.25, 0.3) is 5.92 Å². The molecule has 36 heavy (non-hydrogen) atoms. The summed E-state index contributed by atoms with van der Waals surface area (Å²) >= 11 is 4.60. The van der Waals surface area contributed by atoms with Crippen LogP contribution in [0.1, 0.15) is 51.0 Å². The van der Waals surface area contributed by atoms with E-state index in [1.807, 2.05) is 6.92 Å². The molecule has 0 spiro atoms. The van der Waals surface area contributed by atoms with Crippen LogP contribution in [0.2, 0.25) is 0 Å². The van der Waals surface area contributed by atoms with Crippen molar-refractivity contribution in [1.29, 1.82) is 0 Å². The summed E-state index contributed by atoms with van der Waals surface area (Å²) in [6.07, 6.45) is 14.3. The van der Waals surface area contributed by atoms with Crippen LogP contribution < -0.4 is 10.5 Å². The zero-order valence-electron chi connectivity index (χ0n) is 21.1. The van der Waals surface area contributed by atoms with Gasteiger partial charge < -0.3 is 15.2 Å². The molecule has 4 rings (SSSR count). The molecule has 1 saturated carbocycles. The van der Waals surface area contributed by atoms with Crippen molar-refractivity contribution in [3.63, 3.8) is 0 Å². The number of halogens is 2. The highest BCUT2D eigenvalue weighted by Gasteiger charge is 2.50. The number of hydrogen-bond acceptors (Lipinski definition) is 5. The van der Waals surface area contributed by atoms with Gasteiger partial charge in [-0.2, -0.15) is 21.4 Å². The molecule has 3 unspecified atom stereocenters. The van der Waals surface area contributed by atoms with Gasteiger partial charge in [0.1, 0.15) is 5.75 Å². The summed E-state index contributed by atoms with van der Waals surface area (Å²) in [7, 11) is 1.54. The molecule has 1 fully saturated rings. The van der Waals surface area contributed by atoms with Crippen molar-refractivity contribution < 1.29 is 23.0 Å². The summed E-state index contributed by atoms with van der Waals surface area (Å²) < 4.78 is 43.6. The molecule has 0 radical (unpaired) electrons. The SMILES string of the molecule is CCOc1ccc(C(F)(F)[C@@H](C(N)=O)N(C)C[C@]2(OC3CCCC3)C=CC3CC(S)C=CC3C2)cc1. The third-order valence-corrected chi connectivity index (χ3v) is 8.08. The first-order valence-corrected chi connectivity index (χ1v) is 13.5. The number of nitrogens with zero attached hydrogens (tertiary/aromatic N) is 1. The van der Waals surface area contributed by atoms with E-state index >= 15 is 8.78 Å². The van der Waals surface area contributed by atoms with Crippen LogP contribution in [0.3, 0.4) is 0 Å². The maximum Gasteiger partial charge on any atom is 0.297 e. The molecule has 2 N–H and O–H groups in total. The first-order valence-electron chi connectivity index (χ1n) is 13.0. The summed E-state index contributed by atoms with van der Waals surface area (Å²) in [4.78, 5) is 13.9. The second-order valence-electron chi connectivity index (χ2n) is 10.5. The number of benzene rings is 1. The fourth-order valence-corrected chi connectivity index (χ4v) is 6.36. The van der Waals surface area contributed by atoms with Gasteiger partial charge in [0.2, 0.25) is 5.91 Å². The number of nitrogens with two attached hydrogens (primary N) is 1. The quantitative estimate of drug-likeness (QED) is 0.332. The van der Waals surface area contributed by atoms with Crippen LogP contribution in [-0.2, 0) is 15.5 Å². The van der Waals surface area contributed by atoms with E-state index < -0.39 is 23.5 Å². The van der Waals surface area contributed by atoms with Crippen molar-refractivity contribution in [2.45, 2.75) is 74.4 Å². The highest BCUT2D eigenvalue weighted by atomic mass is 32.1. The number of rotatable bonds is 10. The topological polar surface area (TPSA) is 64.8 Å². The first-order chi connectivity index (χ1) is 17.1. The predicted molar refractivity (Wildman–Crippen MR) is 140 cm³/mol. The van der Waals surface area contributed by atoms with Crippen molar-refractivity contribution in [2.75, 3.05) is 20.2 Å². The zero-order chi connectivity index (χ0) is 25.9. The second kappa shape index (κ2) is 11.2. The molecule has 1 amide bonds. The van der Waals surface area contributed by atoms with Gasteiger partial charge in [-0.05, 0) is 75.8 Å². The number of carbonyl (C=O) groups is 1. The molecule has 5 nitrogen and oxygen atoms in total. The molecular formula is C28H38F2N2O3S. The smallest absolute Gasteiger partial charge is 0.297 e. The molecule has 1 aromatic rings. The van der Waals surface area contributed by atoms with E-state index in [0.29, 0.717) is 24.7 Å². The third kappa shape index (κ3) is 5.97. The lowest BCUT2D eigenvalue weighted by Crippen LogP contribution is -2.58. The van der Waals surface area contributed by atoms with Gasteiger partial charge in [-0.3, -0.25) is 9.69 Å². The van der Waals surface area contributed by atoms with E-state index in [1.165, 1.54) is 36.2 Å². The Balaban J connectivity index is 1.59. The van der Waals surface area contributed by atoms with E-state index in [-0.39, 0.29) is 29.4 Å². The molecule has 8 heteroatoms. The van der Waals surface area contributed by atoms with Crippen molar-refractivity contribution in [1.82, 2.24) is 4.90 Å². The molecule has 0 heterocycles. The minimum atomic E-state index is -3.50. The molecule has 0 aliphatic heterocycles. The Bertz CT molecular complexity index is 964. The monoisotopic (exact) mass is 520 g/mol. The Morgan fingerprint density at radius 2 is 1.89 bits per heavy atom. The number of fused-ring (bicyclic) bond motifs is 1. The molecule has 0 aromatic heterocycles. The van der Waals surface area contributed by atoms with E-state index in [1.54, 1.807) is 0 Å². The van der Waals surface area contributed by atoms with Gasteiger partial charge in [-0.25, -0.2) is 0 Å². The Hall–Kier alpha value is -1.90. The van der Waals surface area contributed by atoms with Crippen LogP contribution in [0.25, 0.3) is 0 Å². The van der Waals surface area contributed by atoms with Crippen LogP contribution in [0.15, 0.2) is 48.6 Å². The Kier molecular flexibility index (Phi) is 8.47. The summed E-state index contributed by atoms with van der Waals surface area (Å²) in [5.41, 5.74) is 4.56. The lowest BCUT2D eigenvalue weighted by molar-refractivity contribution is -0.150. The van der Waals surface area contributed by atoms with Gasteiger partial charge in [-0.15, -0.1) is 0 Å². The largest absolute Gasteiger partial charge is 0.494 e. The lowest BCUT2D eigenvalue weighted by Gasteiger charge is -2.46. The van der Waals surface area contributed by atoms with Gasteiger partial charge >= 0.3 is 0 Å². The van der Waals surface area contributed by atoms with E-state index in [4.69, 9.17) is 15.2 Å². The van der Waals surface area contributed by atoms with Crippen LogP contribution in [0, 0.1) is 11.8 Å². The fourth-order valence-electron chi connectivity index (χ4n) is 6.02. The van der Waals surface area contributed by atoms with Crippen LogP contribution in [-0.4, -0.2) is 54.0 Å². The molecule has 5 atom stereocenters. The number of primary amides is 1. The fraction of sp³-hybridized carbons (Fsp3) is 0.607. The van der Waals surface area contributed by atoms with Crippen molar-refractivity contribution in [3.05, 3.63) is 54.1 Å². The number of amides is 1. The lowest BCUT2D eigenvalue weighted by atomic mass is 9.72. The van der Waals surface area contributed by atoms with E-state index in [2.05, 4.69) is 36.9 Å². The van der Waals surface area contributed by atoms with Crippen LogP contribution >= 0.6 is 12.6 Å². The first kappa shape index (κ1) is 27.1. The number of hydrogen-bond donors (Lipinski definition) is 2. The minimum Gasteiger partial charge on any atom is -0.494 e. The maximum absolute atomic E-state index is 15.8. The molecular weight excluding hydrogens is 482 g/mol. The Labute approximate surface area is 218 Å². The number of alkyl halides is 2. The number of thiol groups is 1. The number of likely N-dealkylation sites (N-methyl/N-ethyl adjacent to an activating group) is 1. The van der Waals surface area contributed by atoms with Gasteiger partial charge in [0.15, 0.2) is 6.04 Å². The summed E-state index contributed by atoms with van der Waals surface area (Å²) in [5, 5.41) is 0.217. The van der Waals surface area contributed by atoms with Crippen LogP contribution in [0.5, 0.6) is 5.75 Å².